The second kappa shape index (κ2) is 15.1. The van der Waals surface area contributed by atoms with Crippen LogP contribution in [-0.4, -0.2) is 52.7 Å². The number of carbonyl (C=O) groups is 1. The SMILES string of the molecule is CC(C)(C)O.CSCc1nc(C)c(CC(=O)O)c(N2CCC(C)(C)CC2)c1-c1ccc(OCCc2ccc(F)cc2)cc1. The summed E-state index contributed by atoms with van der Waals surface area (Å²) < 4.78 is 19.1. The summed E-state index contributed by atoms with van der Waals surface area (Å²) in [4.78, 5) is 19.2. The van der Waals surface area contributed by atoms with E-state index in [2.05, 4.69) is 25.0 Å². The Hall–Kier alpha value is -3.10. The van der Waals surface area contributed by atoms with Crippen LogP contribution in [0, 0.1) is 18.2 Å². The number of aromatic nitrogens is 1. The summed E-state index contributed by atoms with van der Waals surface area (Å²) in [5.41, 5.74) is 6.44. The van der Waals surface area contributed by atoms with E-state index < -0.39 is 11.6 Å². The van der Waals surface area contributed by atoms with E-state index in [4.69, 9.17) is 14.8 Å². The molecule has 0 aliphatic carbocycles. The summed E-state index contributed by atoms with van der Waals surface area (Å²) in [5.74, 6) is 0.415. The van der Waals surface area contributed by atoms with Crippen molar-refractivity contribution in [1.29, 1.82) is 0 Å². The lowest BCUT2D eigenvalue weighted by Crippen LogP contribution is -2.38. The van der Waals surface area contributed by atoms with E-state index in [0.717, 1.165) is 76.8 Å². The molecule has 1 aliphatic rings. The molecule has 43 heavy (non-hydrogen) atoms. The molecule has 1 fully saturated rings. The van der Waals surface area contributed by atoms with Crippen LogP contribution in [0.2, 0.25) is 0 Å². The minimum Gasteiger partial charge on any atom is -0.493 e. The third kappa shape index (κ3) is 10.8. The van der Waals surface area contributed by atoms with E-state index >= 15 is 0 Å². The molecule has 0 spiro atoms. The fourth-order valence-electron chi connectivity index (χ4n) is 5.03. The molecular weight excluding hydrogens is 563 g/mol. The van der Waals surface area contributed by atoms with Gasteiger partial charge in [-0.25, -0.2) is 4.39 Å². The molecule has 1 aromatic heterocycles. The smallest absolute Gasteiger partial charge is 0.307 e. The zero-order valence-corrected chi connectivity index (χ0v) is 27.5. The van der Waals surface area contributed by atoms with Crippen LogP contribution in [0.1, 0.15) is 70.0 Å². The Bertz CT molecular complexity index is 1340. The number of benzene rings is 2. The molecule has 0 unspecified atom stereocenters. The highest BCUT2D eigenvalue weighted by Crippen LogP contribution is 2.42. The van der Waals surface area contributed by atoms with Gasteiger partial charge in [-0.2, -0.15) is 11.8 Å². The predicted molar refractivity (Wildman–Crippen MR) is 176 cm³/mol. The van der Waals surface area contributed by atoms with Crippen molar-refractivity contribution in [3.63, 3.8) is 0 Å². The first-order chi connectivity index (χ1) is 20.2. The highest BCUT2D eigenvalue weighted by Gasteiger charge is 2.30. The number of ether oxygens (including phenoxy) is 1. The Morgan fingerprint density at radius 3 is 2.19 bits per heavy atom. The molecule has 1 aliphatic heterocycles. The van der Waals surface area contributed by atoms with Gasteiger partial charge in [0, 0.05) is 42.1 Å². The van der Waals surface area contributed by atoms with Crippen LogP contribution in [0.15, 0.2) is 48.5 Å². The third-order valence-corrected chi connectivity index (χ3v) is 7.87. The van der Waals surface area contributed by atoms with Crippen LogP contribution < -0.4 is 9.64 Å². The van der Waals surface area contributed by atoms with Crippen molar-refractivity contribution in [1.82, 2.24) is 4.98 Å². The number of piperidine rings is 1. The first-order valence-corrected chi connectivity index (χ1v) is 16.2. The standard InChI is InChI=1S/C31H37FN2O3S.C4H10O/c1-21-26(19-28(35)36)30(34-16-14-31(2,3)15-17-34)29(27(33-21)20-38-4)23-7-11-25(12-8-23)37-18-13-22-5-9-24(32)10-6-22;1-4(2,3)5/h5-12H,13-20H2,1-4H3,(H,35,36);5H,1-3H3. The second-order valence-corrected chi connectivity index (χ2v) is 13.8. The largest absolute Gasteiger partial charge is 0.493 e. The normalized spacial score (nSPS) is 14.6. The Morgan fingerprint density at radius 2 is 1.65 bits per heavy atom. The van der Waals surface area contributed by atoms with E-state index in [9.17, 15) is 14.3 Å². The average Bonchev–Trinajstić information content (AvgIpc) is 2.91. The molecule has 2 N–H and O–H groups in total. The van der Waals surface area contributed by atoms with Crippen LogP contribution in [0.5, 0.6) is 5.75 Å². The number of pyridine rings is 1. The fourth-order valence-corrected chi connectivity index (χ4v) is 5.51. The lowest BCUT2D eigenvalue weighted by molar-refractivity contribution is -0.136. The van der Waals surface area contributed by atoms with E-state index in [-0.39, 0.29) is 17.7 Å². The van der Waals surface area contributed by atoms with Gasteiger partial charge in [-0.3, -0.25) is 9.78 Å². The van der Waals surface area contributed by atoms with Crippen LogP contribution in [0.4, 0.5) is 10.1 Å². The van der Waals surface area contributed by atoms with Gasteiger partial charge in [0.1, 0.15) is 11.6 Å². The minimum absolute atomic E-state index is 0.0504. The quantitative estimate of drug-likeness (QED) is 0.243. The van der Waals surface area contributed by atoms with E-state index in [0.29, 0.717) is 13.0 Å². The van der Waals surface area contributed by atoms with Crippen molar-refractivity contribution in [3.05, 3.63) is 76.9 Å². The number of thioether (sulfide) groups is 1. The Balaban J connectivity index is 0.000000934. The number of aliphatic hydroxyl groups is 1. The zero-order valence-electron chi connectivity index (χ0n) is 26.7. The van der Waals surface area contributed by atoms with Crippen LogP contribution in [0.3, 0.4) is 0 Å². The van der Waals surface area contributed by atoms with Crippen molar-refractivity contribution < 1.29 is 24.1 Å². The minimum atomic E-state index is -0.845. The van der Waals surface area contributed by atoms with Crippen molar-refractivity contribution >= 4 is 23.4 Å². The maximum absolute atomic E-state index is 13.1. The molecular formula is C35H47FN2O4S. The van der Waals surface area contributed by atoms with Crippen molar-refractivity contribution in [2.75, 3.05) is 30.9 Å². The molecule has 1 saturated heterocycles. The predicted octanol–water partition coefficient (Wildman–Crippen LogP) is 7.71. The van der Waals surface area contributed by atoms with Gasteiger partial charge in [0.2, 0.25) is 0 Å². The third-order valence-electron chi connectivity index (χ3n) is 7.31. The number of aliphatic carboxylic acids is 1. The molecule has 2 aromatic carbocycles. The van der Waals surface area contributed by atoms with Gasteiger partial charge in [0.25, 0.3) is 0 Å². The number of carboxylic acid groups (broad SMARTS) is 1. The lowest BCUT2D eigenvalue weighted by atomic mass is 9.82. The monoisotopic (exact) mass is 610 g/mol. The molecule has 2 heterocycles. The molecule has 4 rings (SSSR count). The highest BCUT2D eigenvalue weighted by atomic mass is 32.2. The van der Waals surface area contributed by atoms with E-state index in [1.165, 1.54) is 12.1 Å². The molecule has 0 radical (unpaired) electrons. The molecule has 234 valence electrons. The second-order valence-electron chi connectivity index (χ2n) is 12.9. The first-order valence-electron chi connectivity index (χ1n) is 14.8. The highest BCUT2D eigenvalue weighted by molar-refractivity contribution is 7.97. The number of anilines is 1. The lowest BCUT2D eigenvalue weighted by Gasteiger charge is -2.40. The number of nitrogens with zero attached hydrogens (tertiary/aromatic N) is 2. The summed E-state index contributed by atoms with van der Waals surface area (Å²) in [6.45, 7) is 14.0. The van der Waals surface area contributed by atoms with E-state index in [1.54, 1.807) is 44.7 Å². The van der Waals surface area contributed by atoms with Crippen LogP contribution in [0.25, 0.3) is 11.1 Å². The number of hydrogen-bond acceptors (Lipinski definition) is 6. The van der Waals surface area contributed by atoms with Gasteiger partial charge in [-0.1, -0.05) is 38.1 Å². The number of rotatable bonds is 10. The van der Waals surface area contributed by atoms with Gasteiger partial charge in [0.15, 0.2) is 0 Å². The Labute approximate surface area is 260 Å². The van der Waals surface area contributed by atoms with Crippen molar-refractivity contribution in [2.24, 2.45) is 5.41 Å². The number of carboxylic acids is 1. The topological polar surface area (TPSA) is 82.9 Å². The van der Waals surface area contributed by atoms with Crippen LogP contribution >= 0.6 is 11.8 Å². The molecule has 0 bridgehead atoms. The average molecular weight is 611 g/mol. The molecule has 8 heteroatoms. The van der Waals surface area contributed by atoms with Gasteiger partial charge in [-0.15, -0.1) is 0 Å². The molecule has 6 nitrogen and oxygen atoms in total. The van der Waals surface area contributed by atoms with E-state index in [1.807, 2.05) is 31.2 Å². The fraction of sp³-hybridized carbons (Fsp3) is 0.486. The summed E-state index contributed by atoms with van der Waals surface area (Å²) in [6, 6.07) is 14.5. The molecule has 0 amide bonds. The van der Waals surface area contributed by atoms with Gasteiger partial charge < -0.3 is 19.8 Å². The zero-order chi connectivity index (χ0) is 31.8. The maximum atomic E-state index is 13.1. The number of aryl methyl sites for hydroxylation is 1. The molecule has 0 atom stereocenters. The molecule has 0 saturated carbocycles. The van der Waals surface area contributed by atoms with Gasteiger partial charge in [-0.05, 0) is 87.6 Å². The summed E-state index contributed by atoms with van der Waals surface area (Å²) >= 11 is 1.71. The van der Waals surface area contributed by atoms with Gasteiger partial charge in [0.05, 0.1) is 30.0 Å². The summed E-state index contributed by atoms with van der Waals surface area (Å²) in [6.07, 6.45) is 4.81. The number of halogens is 1. The van der Waals surface area contributed by atoms with Gasteiger partial charge >= 0.3 is 5.97 Å². The van der Waals surface area contributed by atoms with Crippen molar-refractivity contribution in [2.45, 2.75) is 78.6 Å². The summed E-state index contributed by atoms with van der Waals surface area (Å²) in [5, 5.41) is 18.3. The Kier molecular flexibility index (Phi) is 12.0. The Morgan fingerprint density at radius 1 is 1.07 bits per heavy atom. The summed E-state index contributed by atoms with van der Waals surface area (Å²) in [7, 11) is 0. The molecule has 3 aromatic rings. The first kappa shape index (κ1) is 34.4. The maximum Gasteiger partial charge on any atom is 0.307 e. The number of hydrogen-bond donors (Lipinski definition) is 2. The van der Waals surface area contributed by atoms with Crippen molar-refractivity contribution in [3.8, 4) is 16.9 Å². The van der Waals surface area contributed by atoms with Crippen LogP contribution in [-0.2, 0) is 23.4 Å².